The third-order valence-electron chi connectivity index (χ3n) is 6.39. The second-order valence-electron chi connectivity index (χ2n) is 8.90. The molecule has 1 N–H and O–H groups in total. The summed E-state index contributed by atoms with van der Waals surface area (Å²) in [5.41, 5.74) is 0.608. The van der Waals surface area contributed by atoms with Gasteiger partial charge in [0.1, 0.15) is 12.6 Å². The van der Waals surface area contributed by atoms with Gasteiger partial charge in [0.05, 0.1) is 24.8 Å². The summed E-state index contributed by atoms with van der Waals surface area (Å²) in [7, 11) is -1.35. The van der Waals surface area contributed by atoms with Crippen LogP contribution in [0.15, 0.2) is 71.6 Å². The number of amides is 2. The van der Waals surface area contributed by atoms with Gasteiger partial charge in [-0.25, -0.2) is 8.42 Å². The number of halogens is 2. The number of nitrogens with one attached hydrogen (secondary N) is 1. The number of anilines is 1. The first-order chi connectivity index (χ1) is 19.6. The molecule has 0 aliphatic heterocycles. The number of carbonyl (C=O) groups excluding carboxylic acids is 2. The lowest BCUT2D eigenvalue weighted by atomic mass is 10.1. The molecule has 0 fully saturated rings. The fourth-order valence-corrected chi connectivity index (χ4v) is 6.24. The monoisotopic (exact) mass is 621 g/mol. The Hall–Kier alpha value is -3.47. The Morgan fingerprint density at radius 3 is 2.10 bits per heavy atom. The maximum absolute atomic E-state index is 14.1. The fraction of sp³-hybridized carbons (Fsp3) is 0.310. The molecule has 3 aromatic carbocycles. The fourth-order valence-electron chi connectivity index (χ4n) is 4.29. The summed E-state index contributed by atoms with van der Waals surface area (Å²) < 4.78 is 39.6. The third kappa shape index (κ3) is 7.44. The number of hydrogen-bond donors (Lipinski definition) is 1. The van der Waals surface area contributed by atoms with Gasteiger partial charge in [0.15, 0.2) is 11.5 Å². The van der Waals surface area contributed by atoms with Crippen LogP contribution in [0.25, 0.3) is 0 Å². The molecule has 0 spiro atoms. The van der Waals surface area contributed by atoms with Gasteiger partial charge in [0.25, 0.3) is 10.0 Å². The highest BCUT2D eigenvalue weighted by Gasteiger charge is 2.34. The van der Waals surface area contributed by atoms with Gasteiger partial charge >= 0.3 is 0 Å². The predicted octanol–water partition coefficient (Wildman–Crippen LogP) is 5.15. The zero-order chi connectivity index (χ0) is 30.2. The van der Waals surface area contributed by atoms with Gasteiger partial charge in [-0.05, 0) is 49.7 Å². The molecule has 9 nitrogen and oxygen atoms in total. The van der Waals surface area contributed by atoms with Crippen molar-refractivity contribution in [2.45, 2.75) is 37.8 Å². The average Bonchev–Trinajstić information content (AvgIpc) is 2.97. The predicted molar refractivity (Wildman–Crippen MR) is 160 cm³/mol. The summed E-state index contributed by atoms with van der Waals surface area (Å²) in [5.74, 6) is -0.348. The van der Waals surface area contributed by atoms with Crippen LogP contribution < -0.4 is 19.1 Å². The summed E-state index contributed by atoms with van der Waals surface area (Å²) >= 11 is 12.9. The Bertz CT molecular complexity index is 1450. The largest absolute Gasteiger partial charge is 0.493 e. The van der Waals surface area contributed by atoms with Gasteiger partial charge in [-0.2, -0.15) is 0 Å². The average molecular weight is 623 g/mol. The van der Waals surface area contributed by atoms with Crippen molar-refractivity contribution < 1.29 is 27.5 Å². The molecule has 220 valence electrons. The van der Waals surface area contributed by atoms with Gasteiger partial charge in [0.2, 0.25) is 11.8 Å². The van der Waals surface area contributed by atoms with Gasteiger partial charge in [-0.15, -0.1) is 0 Å². The summed E-state index contributed by atoms with van der Waals surface area (Å²) in [5, 5.41) is 3.38. The summed E-state index contributed by atoms with van der Waals surface area (Å²) in [6.45, 7) is 3.15. The lowest BCUT2D eigenvalue weighted by Gasteiger charge is -2.33. The number of benzene rings is 3. The minimum Gasteiger partial charge on any atom is -0.493 e. The molecular weight excluding hydrogens is 589 g/mol. The Balaban J connectivity index is 2.14. The van der Waals surface area contributed by atoms with Gasteiger partial charge < -0.3 is 19.7 Å². The summed E-state index contributed by atoms with van der Waals surface area (Å²) in [6.07, 6.45) is 0.265. The molecule has 0 saturated carbocycles. The van der Waals surface area contributed by atoms with E-state index in [2.05, 4.69) is 5.32 Å². The number of sulfonamides is 1. The lowest BCUT2D eigenvalue weighted by Crippen LogP contribution is -2.52. The molecule has 0 aliphatic rings. The molecule has 0 aliphatic carbocycles. The summed E-state index contributed by atoms with van der Waals surface area (Å²) in [6, 6.07) is 16.3. The zero-order valence-electron chi connectivity index (χ0n) is 23.3. The second kappa shape index (κ2) is 14.4. The molecule has 12 heteroatoms. The van der Waals surface area contributed by atoms with E-state index in [0.717, 1.165) is 4.31 Å². The molecule has 0 aromatic heterocycles. The van der Waals surface area contributed by atoms with E-state index in [0.29, 0.717) is 27.9 Å². The molecule has 0 bridgehead atoms. The zero-order valence-corrected chi connectivity index (χ0v) is 25.6. The highest BCUT2D eigenvalue weighted by atomic mass is 35.5. The van der Waals surface area contributed by atoms with Gasteiger partial charge in [-0.3, -0.25) is 13.9 Å². The first-order valence-corrected chi connectivity index (χ1v) is 15.1. The van der Waals surface area contributed by atoms with E-state index in [1.54, 1.807) is 56.3 Å². The molecule has 1 atom stereocenters. The smallest absolute Gasteiger partial charge is 0.264 e. The SMILES string of the molecule is CCNC(=O)[C@H](CC)N(Cc1c(Cl)cccc1Cl)C(=O)CN(c1ccc(OC)c(OC)c1)S(=O)(=O)c1ccccc1. The van der Waals surface area contributed by atoms with Crippen LogP contribution in [-0.4, -0.2) is 58.5 Å². The molecule has 0 saturated heterocycles. The maximum atomic E-state index is 14.1. The van der Waals surface area contributed by atoms with Crippen molar-refractivity contribution in [3.05, 3.63) is 82.3 Å². The molecule has 0 unspecified atom stereocenters. The Kier molecular flexibility index (Phi) is 11.3. The van der Waals surface area contributed by atoms with Crippen LogP contribution in [0.3, 0.4) is 0 Å². The van der Waals surface area contributed by atoms with Crippen LogP contribution in [0.2, 0.25) is 10.0 Å². The normalized spacial score (nSPS) is 11.9. The van der Waals surface area contributed by atoms with E-state index < -0.39 is 28.5 Å². The van der Waals surface area contributed by atoms with E-state index in [4.69, 9.17) is 32.7 Å². The maximum Gasteiger partial charge on any atom is 0.264 e. The van der Waals surface area contributed by atoms with Crippen molar-refractivity contribution in [1.82, 2.24) is 10.2 Å². The topological polar surface area (TPSA) is 105 Å². The lowest BCUT2D eigenvalue weighted by molar-refractivity contribution is -0.140. The Morgan fingerprint density at radius 1 is 0.902 bits per heavy atom. The van der Waals surface area contributed by atoms with Crippen molar-refractivity contribution in [3.63, 3.8) is 0 Å². The molecule has 0 radical (unpaired) electrons. The van der Waals surface area contributed by atoms with Crippen LogP contribution in [-0.2, 0) is 26.2 Å². The number of hydrogen-bond acceptors (Lipinski definition) is 6. The Labute approximate surface area is 251 Å². The number of methoxy groups -OCH3 is 2. The second-order valence-corrected chi connectivity index (χ2v) is 11.6. The number of ether oxygens (including phenoxy) is 2. The van der Waals surface area contributed by atoms with Crippen LogP contribution >= 0.6 is 23.2 Å². The number of rotatable bonds is 13. The van der Waals surface area contributed by atoms with Crippen LogP contribution in [0.5, 0.6) is 11.5 Å². The summed E-state index contributed by atoms with van der Waals surface area (Å²) in [4.78, 5) is 28.5. The minimum absolute atomic E-state index is 0.0148. The molecular formula is C29H33Cl2N3O6S. The van der Waals surface area contributed by atoms with Crippen LogP contribution in [0.1, 0.15) is 25.8 Å². The molecule has 3 aromatic rings. The molecule has 0 heterocycles. The quantitative estimate of drug-likeness (QED) is 0.283. The molecule has 2 amide bonds. The third-order valence-corrected chi connectivity index (χ3v) is 8.89. The van der Waals surface area contributed by atoms with E-state index in [-0.39, 0.29) is 35.2 Å². The molecule has 41 heavy (non-hydrogen) atoms. The standard InChI is InChI=1S/C29H33Cl2N3O6S/c1-5-25(29(36)32-6-2)33(18-22-23(30)13-10-14-24(22)31)28(35)19-34(41(37,38)21-11-8-7-9-12-21)20-15-16-26(39-3)27(17-20)40-4/h7-17,25H,5-6,18-19H2,1-4H3,(H,32,36)/t25-/m0/s1. The van der Waals surface area contributed by atoms with Crippen molar-refractivity contribution in [3.8, 4) is 11.5 Å². The van der Waals surface area contributed by atoms with Crippen molar-refractivity contribution in [2.75, 3.05) is 31.6 Å². The van der Waals surface area contributed by atoms with Crippen LogP contribution in [0.4, 0.5) is 5.69 Å². The highest BCUT2D eigenvalue weighted by molar-refractivity contribution is 7.92. The van der Waals surface area contributed by atoms with E-state index in [1.807, 2.05) is 0 Å². The van der Waals surface area contributed by atoms with E-state index in [9.17, 15) is 18.0 Å². The van der Waals surface area contributed by atoms with Crippen molar-refractivity contribution >= 4 is 50.7 Å². The van der Waals surface area contributed by atoms with Crippen molar-refractivity contribution in [1.29, 1.82) is 0 Å². The Morgan fingerprint density at radius 2 is 1.54 bits per heavy atom. The van der Waals surface area contributed by atoms with E-state index in [1.165, 1.54) is 43.4 Å². The minimum atomic E-state index is -4.24. The first-order valence-electron chi connectivity index (χ1n) is 12.9. The number of likely N-dealkylation sites (N-methyl/N-ethyl adjacent to an activating group) is 1. The van der Waals surface area contributed by atoms with Gasteiger partial charge in [0, 0.05) is 34.8 Å². The van der Waals surface area contributed by atoms with Gasteiger partial charge in [-0.1, -0.05) is 54.4 Å². The highest BCUT2D eigenvalue weighted by Crippen LogP contribution is 2.34. The number of nitrogens with zero attached hydrogens (tertiary/aromatic N) is 2. The number of carbonyl (C=O) groups is 2. The molecule has 3 rings (SSSR count). The van der Waals surface area contributed by atoms with Crippen molar-refractivity contribution in [2.24, 2.45) is 0 Å². The first kappa shape index (κ1) is 32.0. The van der Waals surface area contributed by atoms with Crippen LogP contribution in [0, 0.1) is 0 Å². The van der Waals surface area contributed by atoms with E-state index >= 15 is 0 Å².